The quantitative estimate of drug-likeness (QED) is 0.489. The van der Waals surface area contributed by atoms with E-state index in [4.69, 9.17) is 11.6 Å². The van der Waals surface area contributed by atoms with Crippen LogP contribution in [-0.2, 0) is 0 Å². The van der Waals surface area contributed by atoms with Gasteiger partial charge in [-0.1, -0.05) is 23.7 Å². The lowest BCUT2D eigenvalue weighted by molar-refractivity contribution is -0.384. The van der Waals surface area contributed by atoms with Crippen molar-refractivity contribution in [3.05, 3.63) is 78.8 Å². The number of halogens is 1. The minimum absolute atomic E-state index is 0.0339. The van der Waals surface area contributed by atoms with Crippen molar-refractivity contribution in [1.29, 1.82) is 0 Å². The summed E-state index contributed by atoms with van der Waals surface area (Å²) in [6.45, 7) is 0. The molecule has 0 aliphatic rings. The van der Waals surface area contributed by atoms with Gasteiger partial charge in [-0.05, 0) is 12.1 Å². The summed E-state index contributed by atoms with van der Waals surface area (Å²) < 4.78 is 0. The smallest absolute Gasteiger partial charge is 0.288 e. The van der Waals surface area contributed by atoms with Gasteiger partial charge in [0.1, 0.15) is 5.02 Å². The second-order valence-corrected chi connectivity index (χ2v) is 4.47. The number of ketones is 1. The molecule has 106 valence electrons. The molecule has 21 heavy (non-hydrogen) atoms. The van der Waals surface area contributed by atoms with Crippen molar-refractivity contribution >= 4 is 28.8 Å². The normalized spacial score (nSPS) is 10.1. The number of nitro groups is 2. The van der Waals surface area contributed by atoms with Gasteiger partial charge < -0.3 is 0 Å². The van der Waals surface area contributed by atoms with Gasteiger partial charge in [0.2, 0.25) is 0 Å². The Morgan fingerprint density at radius 3 is 2.24 bits per heavy atom. The molecule has 0 N–H and O–H groups in total. The Morgan fingerprint density at radius 2 is 1.62 bits per heavy atom. The van der Waals surface area contributed by atoms with E-state index in [0.717, 1.165) is 12.1 Å². The zero-order valence-corrected chi connectivity index (χ0v) is 11.1. The predicted molar refractivity (Wildman–Crippen MR) is 74.6 cm³/mol. The van der Waals surface area contributed by atoms with E-state index in [2.05, 4.69) is 0 Å². The van der Waals surface area contributed by atoms with Gasteiger partial charge in [-0.25, -0.2) is 0 Å². The molecule has 8 heteroatoms. The van der Waals surface area contributed by atoms with E-state index >= 15 is 0 Å². The van der Waals surface area contributed by atoms with Crippen molar-refractivity contribution in [2.75, 3.05) is 0 Å². The molecular formula is C13H7ClN2O5. The van der Waals surface area contributed by atoms with Crippen LogP contribution in [0.25, 0.3) is 0 Å². The molecule has 0 bridgehead atoms. The number of nitro benzene ring substituents is 2. The van der Waals surface area contributed by atoms with Crippen LogP contribution in [0.2, 0.25) is 5.02 Å². The summed E-state index contributed by atoms with van der Waals surface area (Å²) in [6, 6.07) is 8.75. The molecule has 0 spiro atoms. The molecule has 7 nitrogen and oxygen atoms in total. The second-order valence-electron chi connectivity index (χ2n) is 4.06. The fourth-order valence-electron chi connectivity index (χ4n) is 1.72. The lowest BCUT2D eigenvalue weighted by atomic mass is 10.0. The van der Waals surface area contributed by atoms with E-state index in [1.807, 2.05) is 0 Å². The van der Waals surface area contributed by atoms with Crippen molar-refractivity contribution in [3.8, 4) is 0 Å². The first-order valence-corrected chi connectivity index (χ1v) is 6.01. The third kappa shape index (κ3) is 3.03. The van der Waals surface area contributed by atoms with E-state index < -0.39 is 21.3 Å². The highest BCUT2D eigenvalue weighted by atomic mass is 35.5. The summed E-state index contributed by atoms with van der Waals surface area (Å²) in [5.74, 6) is -0.557. The van der Waals surface area contributed by atoms with Crippen LogP contribution < -0.4 is 0 Å². The molecule has 0 aliphatic carbocycles. The number of carbonyl (C=O) groups excluding carboxylic acids is 1. The van der Waals surface area contributed by atoms with E-state index in [1.165, 1.54) is 30.3 Å². The van der Waals surface area contributed by atoms with Crippen LogP contribution in [0.3, 0.4) is 0 Å². The molecule has 0 aliphatic heterocycles. The molecule has 2 rings (SSSR count). The number of nitrogens with zero attached hydrogens (tertiary/aromatic N) is 2. The second kappa shape index (κ2) is 5.68. The predicted octanol–water partition coefficient (Wildman–Crippen LogP) is 3.39. The number of non-ortho nitro benzene ring substituents is 1. The zero-order chi connectivity index (χ0) is 15.6. The maximum atomic E-state index is 12.2. The Bertz CT molecular complexity index is 760. The van der Waals surface area contributed by atoms with Crippen molar-refractivity contribution in [1.82, 2.24) is 0 Å². The topological polar surface area (TPSA) is 103 Å². The summed E-state index contributed by atoms with van der Waals surface area (Å²) in [6.07, 6.45) is 0. The van der Waals surface area contributed by atoms with Gasteiger partial charge in [0.15, 0.2) is 5.78 Å². The van der Waals surface area contributed by atoms with Crippen LogP contribution in [0.1, 0.15) is 15.9 Å². The molecule has 0 unspecified atom stereocenters. The Morgan fingerprint density at radius 1 is 0.952 bits per heavy atom. The average Bonchev–Trinajstić information content (AvgIpc) is 2.46. The average molecular weight is 307 g/mol. The van der Waals surface area contributed by atoms with Crippen LogP contribution >= 0.6 is 11.6 Å². The van der Waals surface area contributed by atoms with Gasteiger partial charge in [0.25, 0.3) is 11.4 Å². The lowest BCUT2D eigenvalue weighted by Gasteiger charge is -2.02. The minimum atomic E-state index is -0.702. The van der Waals surface area contributed by atoms with Gasteiger partial charge >= 0.3 is 0 Å². The SMILES string of the molecule is O=C(c1cccc([N+](=O)[O-])c1)c1ccc(Cl)c([N+](=O)[O-])c1. The Labute approximate surface area is 123 Å². The minimum Gasteiger partial charge on any atom is -0.289 e. The molecule has 2 aromatic carbocycles. The first-order chi connectivity index (χ1) is 9.90. The summed E-state index contributed by atoms with van der Waals surface area (Å²) >= 11 is 5.67. The zero-order valence-electron chi connectivity index (χ0n) is 10.4. The van der Waals surface area contributed by atoms with E-state index in [0.29, 0.717) is 0 Å². The largest absolute Gasteiger partial charge is 0.289 e. The maximum Gasteiger partial charge on any atom is 0.288 e. The van der Waals surface area contributed by atoms with Crippen molar-refractivity contribution < 1.29 is 14.6 Å². The number of carbonyl (C=O) groups is 1. The highest BCUT2D eigenvalue weighted by molar-refractivity contribution is 6.32. The molecule has 0 amide bonds. The first-order valence-electron chi connectivity index (χ1n) is 5.63. The van der Waals surface area contributed by atoms with E-state index in [-0.39, 0.29) is 21.8 Å². The Balaban J connectivity index is 2.45. The van der Waals surface area contributed by atoms with Gasteiger partial charge in [0, 0.05) is 29.3 Å². The summed E-state index contributed by atoms with van der Waals surface area (Å²) in [4.78, 5) is 32.4. The fourth-order valence-corrected chi connectivity index (χ4v) is 1.91. The first kappa shape index (κ1) is 14.6. The number of hydrogen-bond acceptors (Lipinski definition) is 5. The number of rotatable bonds is 4. The van der Waals surface area contributed by atoms with Gasteiger partial charge in [-0.15, -0.1) is 0 Å². The molecule has 0 radical (unpaired) electrons. The van der Waals surface area contributed by atoms with Gasteiger partial charge in [-0.3, -0.25) is 25.0 Å². The molecule has 0 heterocycles. The molecule has 2 aromatic rings. The van der Waals surface area contributed by atoms with Crippen molar-refractivity contribution in [2.24, 2.45) is 0 Å². The summed E-state index contributed by atoms with van der Waals surface area (Å²) in [7, 11) is 0. The van der Waals surface area contributed by atoms with Crippen LogP contribution in [0.5, 0.6) is 0 Å². The lowest BCUT2D eigenvalue weighted by Crippen LogP contribution is -2.03. The Hall–Kier alpha value is -2.80. The summed E-state index contributed by atoms with van der Waals surface area (Å²) in [5, 5.41) is 21.4. The molecule has 0 atom stereocenters. The summed E-state index contributed by atoms with van der Waals surface area (Å²) in [5.41, 5.74) is -0.523. The third-order valence-electron chi connectivity index (χ3n) is 2.72. The molecule has 0 saturated carbocycles. The molecule has 0 saturated heterocycles. The van der Waals surface area contributed by atoms with Crippen LogP contribution in [-0.4, -0.2) is 15.6 Å². The highest BCUT2D eigenvalue weighted by Gasteiger charge is 2.18. The third-order valence-corrected chi connectivity index (χ3v) is 3.04. The van der Waals surface area contributed by atoms with E-state index in [9.17, 15) is 25.0 Å². The number of hydrogen-bond donors (Lipinski definition) is 0. The number of benzene rings is 2. The van der Waals surface area contributed by atoms with E-state index in [1.54, 1.807) is 0 Å². The standard InChI is InChI=1S/C13H7ClN2O5/c14-11-5-4-9(7-12(11)16(20)21)13(17)8-2-1-3-10(6-8)15(18)19/h1-7H. The molecular weight excluding hydrogens is 300 g/mol. The highest BCUT2D eigenvalue weighted by Crippen LogP contribution is 2.26. The molecule has 0 aromatic heterocycles. The monoisotopic (exact) mass is 306 g/mol. The van der Waals surface area contributed by atoms with Crippen molar-refractivity contribution in [2.45, 2.75) is 0 Å². The maximum absolute atomic E-state index is 12.2. The van der Waals surface area contributed by atoms with Gasteiger partial charge in [0.05, 0.1) is 9.85 Å². The molecule has 0 fully saturated rings. The fraction of sp³-hybridized carbons (Fsp3) is 0. The van der Waals surface area contributed by atoms with Crippen LogP contribution in [0.15, 0.2) is 42.5 Å². The van der Waals surface area contributed by atoms with Crippen LogP contribution in [0, 0.1) is 20.2 Å². The Kier molecular flexibility index (Phi) is 3.95. The van der Waals surface area contributed by atoms with Crippen molar-refractivity contribution in [3.63, 3.8) is 0 Å². The van der Waals surface area contributed by atoms with Gasteiger partial charge in [-0.2, -0.15) is 0 Å². The van der Waals surface area contributed by atoms with Crippen LogP contribution in [0.4, 0.5) is 11.4 Å².